The standard InChI is InChI=1S/C20H31N3O4S/c1-18(2)27-15-6-10-21-20(24)17-22-11-13-23(14-12-22)28(25,26)16-9-19-7-4-3-5-8-19/h3-5,7-9,16,18H,6,10-15,17H2,1-2H3,(H,21,24)/b16-9+. The van der Waals surface area contributed by atoms with Crippen LogP contribution in [0.25, 0.3) is 6.08 Å². The van der Waals surface area contributed by atoms with E-state index in [1.54, 1.807) is 6.08 Å². The zero-order valence-electron chi connectivity index (χ0n) is 16.7. The lowest BCUT2D eigenvalue weighted by molar-refractivity contribution is -0.122. The minimum absolute atomic E-state index is 0.0372. The van der Waals surface area contributed by atoms with E-state index in [0.717, 1.165) is 12.0 Å². The molecule has 1 aliphatic rings. The third-order valence-corrected chi connectivity index (χ3v) is 5.95. The van der Waals surface area contributed by atoms with Crippen LogP contribution in [0.2, 0.25) is 0 Å². The third-order valence-electron chi connectivity index (χ3n) is 4.38. The maximum Gasteiger partial charge on any atom is 0.236 e. The Bertz CT molecular complexity index is 727. The monoisotopic (exact) mass is 409 g/mol. The number of nitrogens with zero attached hydrogens (tertiary/aromatic N) is 2. The van der Waals surface area contributed by atoms with Crippen molar-refractivity contribution in [2.45, 2.75) is 26.4 Å². The number of benzene rings is 1. The van der Waals surface area contributed by atoms with Crippen LogP contribution in [0.5, 0.6) is 0 Å². The van der Waals surface area contributed by atoms with Crippen molar-refractivity contribution < 1.29 is 17.9 Å². The summed E-state index contributed by atoms with van der Waals surface area (Å²) in [5, 5.41) is 4.13. The number of sulfonamides is 1. The highest BCUT2D eigenvalue weighted by atomic mass is 32.2. The van der Waals surface area contributed by atoms with Gasteiger partial charge in [0.2, 0.25) is 15.9 Å². The van der Waals surface area contributed by atoms with E-state index in [2.05, 4.69) is 5.32 Å². The quantitative estimate of drug-likeness (QED) is 0.593. The topological polar surface area (TPSA) is 79.0 Å². The molecule has 0 aromatic heterocycles. The zero-order chi connectivity index (χ0) is 20.4. The molecule has 1 aromatic rings. The van der Waals surface area contributed by atoms with Gasteiger partial charge in [-0.1, -0.05) is 30.3 Å². The molecule has 28 heavy (non-hydrogen) atoms. The van der Waals surface area contributed by atoms with Crippen LogP contribution in [0.3, 0.4) is 0 Å². The van der Waals surface area contributed by atoms with Gasteiger partial charge in [-0.05, 0) is 31.9 Å². The molecule has 7 nitrogen and oxygen atoms in total. The van der Waals surface area contributed by atoms with Crippen molar-refractivity contribution in [3.8, 4) is 0 Å². The highest BCUT2D eigenvalue weighted by Crippen LogP contribution is 2.11. The van der Waals surface area contributed by atoms with Gasteiger partial charge >= 0.3 is 0 Å². The number of amides is 1. The Morgan fingerprint density at radius 1 is 1.18 bits per heavy atom. The summed E-state index contributed by atoms with van der Waals surface area (Å²) in [6.07, 6.45) is 2.59. The van der Waals surface area contributed by atoms with Crippen molar-refractivity contribution in [1.29, 1.82) is 0 Å². The largest absolute Gasteiger partial charge is 0.379 e. The molecule has 1 N–H and O–H groups in total. The molecule has 0 unspecified atom stereocenters. The Morgan fingerprint density at radius 2 is 1.86 bits per heavy atom. The number of carbonyl (C=O) groups excluding carboxylic acids is 1. The van der Waals surface area contributed by atoms with Crippen LogP contribution in [0.4, 0.5) is 0 Å². The Kier molecular flexibility index (Phi) is 9.11. The highest BCUT2D eigenvalue weighted by molar-refractivity contribution is 7.92. The molecule has 1 fully saturated rings. The second kappa shape index (κ2) is 11.3. The second-order valence-corrected chi connectivity index (χ2v) is 8.88. The summed E-state index contributed by atoms with van der Waals surface area (Å²) in [6.45, 7) is 7.33. The van der Waals surface area contributed by atoms with Crippen LogP contribution in [-0.2, 0) is 19.6 Å². The van der Waals surface area contributed by atoms with Crippen LogP contribution in [-0.4, -0.2) is 75.5 Å². The molecule has 0 saturated carbocycles. The van der Waals surface area contributed by atoms with Gasteiger partial charge in [0.15, 0.2) is 0 Å². The van der Waals surface area contributed by atoms with Gasteiger partial charge in [0.05, 0.1) is 12.6 Å². The highest BCUT2D eigenvalue weighted by Gasteiger charge is 2.25. The van der Waals surface area contributed by atoms with Crippen LogP contribution in [0, 0.1) is 0 Å². The van der Waals surface area contributed by atoms with E-state index in [9.17, 15) is 13.2 Å². The third kappa shape index (κ3) is 8.10. The van der Waals surface area contributed by atoms with E-state index >= 15 is 0 Å². The van der Waals surface area contributed by atoms with Gasteiger partial charge in [0.25, 0.3) is 0 Å². The van der Waals surface area contributed by atoms with E-state index in [1.165, 1.54) is 9.71 Å². The van der Waals surface area contributed by atoms with Crippen LogP contribution < -0.4 is 5.32 Å². The first-order valence-corrected chi connectivity index (χ1v) is 11.2. The fraction of sp³-hybridized carbons (Fsp3) is 0.550. The molecule has 156 valence electrons. The van der Waals surface area contributed by atoms with Crippen molar-refractivity contribution in [3.05, 3.63) is 41.3 Å². The Morgan fingerprint density at radius 3 is 2.50 bits per heavy atom. The van der Waals surface area contributed by atoms with E-state index < -0.39 is 10.0 Å². The fourth-order valence-corrected chi connectivity index (χ4v) is 4.01. The normalized spacial score (nSPS) is 16.7. The molecule has 2 rings (SSSR count). The Labute approximate surface area is 168 Å². The van der Waals surface area contributed by atoms with Crippen molar-refractivity contribution in [2.75, 3.05) is 45.9 Å². The minimum atomic E-state index is -3.45. The van der Waals surface area contributed by atoms with Crippen molar-refractivity contribution >= 4 is 22.0 Å². The average molecular weight is 410 g/mol. The number of piperazine rings is 1. The van der Waals surface area contributed by atoms with E-state index in [-0.39, 0.29) is 12.0 Å². The summed E-state index contributed by atoms with van der Waals surface area (Å²) in [5.41, 5.74) is 0.847. The van der Waals surface area contributed by atoms with Gasteiger partial charge in [0.1, 0.15) is 0 Å². The van der Waals surface area contributed by atoms with Gasteiger partial charge in [0, 0.05) is 44.7 Å². The molecule has 1 saturated heterocycles. The summed E-state index contributed by atoms with van der Waals surface area (Å²) in [4.78, 5) is 14.0. The predicted molar refractivity (Wildman–Crippen MR) is 111 cm³/mol. The van der Waals surface area contributed by atoms with Crippen molar-refractivity contribution in [3.63, 3.8) is 0 Å². The molecule has 1 amide bonds. The van der Waals surface area contributed by atoms with E-state index in [1.807, 2.05) is 49.1 Å². The van der Waals surface area contributed by atoms with Crippen LogP contribution >= 0.6 is 0 Å². The van der Waals surface area contributed by atoms with Gasteiger partial charge in [-0.15, -0.1) is 0 Å². The Balaban J connectivity index is 1.70. The first-order chi connectivity index (χ1) is 13.4. The summed E-state index contributed by atoms with van der Waals surface area (Å²) in [7, 11) is -3.45. The zero-order valence-corrected chi connectivity index (χ0v) is 17.5. The number of carbonyl (C=O) groups is 1. The van der Waals surface area contributed by atoms with E-state index in [4.69, 9.17) is 4.74 Å². The van der Waals surface area contributed by atoms with Crippen molar-refractivity contribution in [2.24, 2.45) is 0 Å². The fourth-order valence-electron chi connectivity index (χ4n) is 2.83. The molecule has 1 aromatic carbocycles. The Hall–Kier alpha value is -1.74. The molecular weight excluding hydrogens is 378 g/mol. The van der Waals surface area contributed by atoms with Crippen LogP contribution in [0.15, 0.2) is 35.7 Å². The van der Waals surface area contributed by atoms with Gasteiger partial charge in [-0.2, -0.15) is 4.31 Å². The average Bonchev–Trinajstić information content (AvgIpc) is 2.67. The van der Waals surface area contributed by atoms with Gasteiger partial charge in [-0.25, -0.2) is 8.42 Å². The first-order valence-electron chi connectivity index (χ1n) is 9.71. The molecule has 0 spiro atoms. The molecule has 1 heterocycles. The molecule has 0 radical (unpaired) electrons. The second-order valence-electron chi connectivity index (χ2n) is 7.06. The number of nitrogens with one attached hydrogen (secondary N) is 1. The predicted octanol–water partition coefficient (Wildman–Crippen LogP) is 1.54. The summed E-state index contributed by atoms with van der Waals surface area (Å²) >= 11 is 0. The molecule has 8 heteroatoms. The lowest BCUT2D eigenvalue weighted by Crippen LogP contribution is -2.50. The summed E-state index contributed by atoms with van der Waals surface area (Å²) < 4.78 is 31.8. The van der Waals surface area contributed by atoms with Gasteiger partial charge in [-0.3, -0.25) is 9.69 Å². The van der Waals surface area contributed by atoms with Gasteiger partial charge < -0.3 is 10.1 Å². The van der Waals surface area contributed by atoms with Crippen molar-refractivity contribution in [1.82, 2.24) is 14.5 Å². The number of hydrogen-bond acceptors (Lipinski definition) is 5. The van der Waals surface area contributed by atoms with E-state index in [0.29, 0.717) is 45.9 Å². The molecule has 1 aliphatic heterocycles. The number of hydrogen-bond donors (Lipinski definition) is 1. The summed E-state index contributed by atoms with van der Waals surface area (Å²) in [5.74, 6) is -0.0372. The maximum atomic E-state index is 12.5. The minimum Gasteiger partial charge on any atom is -0.379 e. The molecule has 0 bridgehead atoms. The number of rotatable bonds is 10. The smallest absolute Gasteiger partial charge is 0.236 e. The molecule has 0 atom stereocenters. The first kappa shape index (κ1) is 22.5. The molecular formula is C20H31N3O4S. The maximum absolute atomic E-state index is 12.5. The lowest BCUT2D eigenvalue weighted by atomic mass is 10.2. The van der Waals surface area contributed by atoms with Crippen LogP contribution in [0.1, 0.15) is 25.8 Å². The summed E-state index contributed by atoms with van der Waals surface area (Å²) in [6, 6.07) is 9.34. The number of ether oxygens (including phenoxy) is 1. The molecule has 0 aliphatic carbocycles. The lowest BCUT2D eigenvalue weighted by Gasteiger charge is -2.32. The SMILES string of the molecule is CC(C)OCCCNC(=O)CN1CCN(S(=O)(=O)/C=C/c2ccccc2)CC1.